The Bertz CT molecular complexity index is 785. The summed E-state index contributed by atoms with van der Waals surface area (Å²) in [6.07, 6.45) is 3.34. The van der Waals surface area contributed by atoms with Gasteiger partial charge in [-0.25, -0.2) is 0 Å². The summed E-state index contributed by atoms with van der Waals surface area (Å²) in [5.41, 5.74) is 3.52. The number of aryl methyl sites for hydroxylation is 1. The number of nitrogens with one attached hydrogen (secondary N) is 2. The molecule has 0 saturated heterocycles. The Balaban J connectivity index is 1.56. The molecule has 2 aromatic rings. The van der Waals surface area contributed by atoms with Crippen molar-refractivity contribution in [3.8, 4) is 0 Å². The van der Waals surface area contributed by atoms with Gasteiger partial charge in [0.1, 0.15) is 0 Å². The molecule has 0 radical (unpaired) electrons. The average Bonchev–Trinajstić information content (AvgIpc) is 3.14. The number of aromatic amines is 1. The van der Waals surface area contributed by atoms with Crippen LogP contribution in [0.5, 0.6) is 0 Å². The monoisotopic (exact) mass is 368 g/mol. The van der Waals surface area contributed by atoms with Crippen LogP contribution in [0.4, 0.5) is 0 Å². The Morgan fingerprint density at radius 1 is 1.30 bits per heavy atom. The van der Waals surface area contributed by atoms with Crippen molar-refractivity contribution in [3.05, 3.63) is 52.8 Å². The van der Waals surface area contributed by atoms with E-state index in [9.17, 15) is 9.59 Å². The third-order valence-corrected chi connectivity index (χ3v) is 5.26. The lowest BCUT2D eigenvalue weighted by Gasteiger charge is -2.29. The van der Waals surface area contributed by atoms with E-state index < -0.39 is 0 Å². The van der Waals surface area contributed by atoms with Crippen molar-refractivity contribution in [2.24, 2.45) is 5.92 Å². The summed E-state index contributed by atoms with van der Waals surface area (Å²) >= 11 is 0. The lowest BCUT2D eigenvalue weighted by atomic mass is 10.0. The minimum absolute atomic E-state index is 0.00807. The summed E-state index contributed by atoms with van der Waals surface area (Å²) in [5.74, 6) is -0.00863. The number of aromatic nitrogens is 2. The molecule has 0 spiro atoms. The molecule has 6 heteroatoms. The predicted octanol–water partition coefficient (Wildman–Crippen LogP) is 2.70. The van der Waals surface area contributed by atoms with Crippen LogP contribution in [0.3, 0.4) is 0 Å². The zero-order valence-corrected chi connectivity index (χ0v) is 16.1. The Morgan fingerprint density at radius 2 is 2.07 bits per heavy atom. The van der Waals surface area contributed by atoms with Crippen molar-refractivity contribution in [3.63, 3.8) is 0 Å². The van der Waals surface area contributed by atoms with Crippen molar-refractivity contribution in [2.45, 2.75) is 46.1 Å². The van der Waals surface area contributed by atoms with Crippen molar-refractivity contribution >= 4 is 11.8 Å². The lowest BCUT2D eigenvalue weighted by Crippen LogP contribution is -2.39. The van der Waals surface area contributed by atoms with E-state index in [0.29, 0.717) is 31.7 Å². The number of hydrogen-bond acceptors (Lipinski definition) is 3. The van der Waals surface area contributed by atoms with Crippen LogP contribution in [-0.4, -0.2) is 40.0 Å². The first-order valence-electron chi connectivity index (χ1n) is 9.77. The summed E-state index contributed by atoms with van der Waals surface area (Å²) in [5, 5.41) is 10.2. The van der Waals surface area contributed by atoms with E-state index in [2.05, 4.69) is 27.6 Å². The predicted molar refractivity (Wildman–Crippen MR) is 104 cm³/mol. The number of amides is 2. The van der Waals surface area contributed by atoms with Gasteiger partial charge in [0.2, 0.25) is 5.91 Å². The van der Waals surface area contributed by atoms with Gasteiger partial charge in [-0.3, -0.25) is 14.7 Å². The van der Waals surface area contributed by atoms with Gasteiger partial charge in [0.15, 0.2) is 5.69 Å². The van der Waals surface area contributed by atoms with Crippen molar-refractivity contribution in [2.75, 3.05) is 13.1 Å². The van der Waals surface area contributed by atoms with Crippen LogP contribution < -0.4 is 5.32 Å². The molecule has 1 unspecified atom stereocenters. The standard InChI is InChI=1S/C21H28N4O2/c1-3-15(2)21(27)25-13-11-18-17(14-25)19(24-23-18)20(26)22-12-7-10-16-8-5-4-6-9-16/h4-6,8-9,15H,3,7,10-14H2,1-2H3,(H,22,26)(H,23,24). The molecule has 2 N–H and O–H groups in total. The summed E-state index contributed by atoms with van der Waals surface area (Å²) in [6.45, 7) is 5.71. The molecule has 0 fully saturated rings. The van der Waals surface area contributed by atoms with Gasteiger partial charge in [-0.15, -0.1) is 0 Å². The van der Waals surface area contributed by atoms with E-state index in [4.69, 9.17) is 0 Å². The molecule has 1 atom stereocenters. The van der Waals surface area contributed by atoms with E-state index in [-0.39, 0.29) is 17.7 Å². The van der Waals surface area contributed by atoms with Gasteiger partial charge >= 0.3 is 0 Å². The molecule has 2 heterocycles. The van der Waals surface area contributed by atoms with E-state index in [0.717, 1.165) is 30.5 Å². The van der Waals surface area contributed by atoms with Crippen LogP contribution in [0.25, 0.3) is 0 Å². The number of carbonyl (C=O) groups excluding carboxylic acids is 2. The third kappa shape index (κ3) is 4.56. The van der Waals surface area contributed by atoms with Gasteiger partial charge in [0.05, 0.1) is 0 Å². The maximum atomic E-state index is 12.6. The Kier molecular flexibility index (Phi) is 6.27. The Hall–Kier alpha value is -2.63. The van der Waals surface area contributed by atoms with Gasteiger partial charge in [0, 0.05) is 43.2 Å². The number of carbonyl (C=O) groups is 2. The van der Waals surface area contributed by atoms with E-state index in [1.165, 1.54) is 5.56 Å². The fraction of sp³-hybridized carbons (Fsp3) is 0.476. The van der Waals surface area contributed by atoms with Crippen LogP contribution in [0, 0.1) is 5.92 Å². The van der Waals surface area contributed by atoms with Crippen molar-refractivity contribution in [1.29, 1.82) is 0 Å². The van der Waals surface area contributed by atoms with Crippen LogP contribution in [0.15, 0.2) is 30.3 Å². The smallest absolute Gasteiger partial charge is 0.272 e. The maximum Gasteiger partial charge on any atom is 0.272 e. The summed E-state index contributed by atoms with van der Waals surface area (Å²) < 4.78 is 0. The molecule has 1 aromatic carbocycles. The first kappa shape index (κ1) is 19.1. The highest BCUT2D eigenvalue weighted by molar-refractivity contribution is 5.94. The molecule has 1 aliphatic rings. The van der Waals surface area contributed by atoms with Crippen LogP contribution in [0.2, 0.25) is 0 Å². The van der Waals surface area contributed by atoms with Crippen LogP contribution in [-0.2, 0) is 24.2 Å². The highest BCUT2D eigenvalue weighted by Gasteiger charge is 2.29. The summed E-state index contributed by atoms with van der Waals surface area (Å²) in [7, 11) is 0. The molecule has 0 aliphatic carbocycles. The van der Waals surface area contributed by atoms with Gasteiger partial charge in [-0.1, -0.05) is 44.2 Å². The summed E-state index contributed by atoms with van der Waals surface area (Å²) in [6, 6.07) is 10.2. The van der Waals surface area contributed by atoms with Crippen molar-refractivity contribution in [1.82, 2.24) is 20.4 Å². The molecular weight excluding hydrogens is 340 g/mol. The minimum atomic E-state index is -0.168. The molecule has 0 saturated carbocycles. The van der Waals surface area contributed by atoms with Crippen LogP contribution in [0.1, 0.15) is 54.0 Å². The van der Waals surface area contributed by atoms with E-state index >= 15 is 0 Å². The van der Waals surface area contributed by atoms with E-state index in [1.54, 1.807) is 0 Å². The first-order chi connectivity index (χ1) is 13.1. The van der Waals surface area contributed by atoms with Gasteiger partial charge < -0.3 is 10.2 Å². The molecule has 2 amide bonds. The SMILES string of the molecule is CCC(C)C(=O)N1CCc2[nH]nc(C(=O)NCCCc3ccccc3)c2C1. The maximum absolute atomic E-state index is 12.6. The lowest BCUT2D eigenvalue weighted by molar-refractivity contribution is -0.136. The highest BCUT2D eigenvalue weighted by Crippen LogP contribution is 2.22. The second-order valence-electron chi connectivity index (χ2n) is 7.19. The van der Waals surface area contributed by atoms with Crippen LogP contribution >= 0.6 is 0 Å². The Morgan fingerprint density at radius 3 is 2.81 bits per heavy atom. The third-order valence-electron chi connectivity index (χ3n) is 5.26. The fourth-order valence-electron chi connectivity index (χ4n) is 3.38. The quantitative estimate of drug-likeness (QED) is 0.738. The fourth-order valence-corrected chi connectivity index (χ4v) is 3.38. The molecule has 1 aromatic heterocycles. The molecule has 0 bridgehead atoms. The number of hydrogen-bond donors (Lipinski definition) is 2. The molecule has 27 heavy (non-hydrogen) atoms. The molecular formula is C21H28N4O2. The number of nitrogens with zero attached hydrogens (tertiary/aromatic N) is 2. The number of rotatable bonds is 7. The highest BCUT2D eigenvalue weighted by atomic mass is 16.2. The average molecular weight is 368 g/mol. The number of benzene rings is 1. The molecule has 6 nitrogen and oxygen atoms in total. The van der Waals surface area contributed by atoms with Gasteiger partial charge in [-0.05, 0) is 24.8 Å². The number of H-pyrrole nitrogens is 1. The molecule has 3 rings (SSSR count). The summed E-state index contributed by atoms with van der Waals surface area (Å²) in [4.78, 5) is 26.9. The topological polar surface area (TPSA) is 78.1 Å². The van der Waals surface area contributed by atoms with E-state index in [1.807, 2.05) is 36.9 Å². The second kappa shape index (κ2) is 8.84. The van der Waals surface area contributed by atoms with Gasteiger partial charge in [0.25, 0.3) is 5.91 Å². The zero-order valence-electron chi connectivity index (χ0n) is 16.1. The Labute approximate surface area is 160 Å². The van der Waals surface area contributed by atoms with Gasteiger partial charge in [-0.2, -0.15) is 5.10 Å². The van der Waals surface area contributed by atoms with Crippen molar-refractivity contribution < 1.29 is 9.59 Å². The zero-order chi connectivity index (χ0) is 19.2. The number of fused-ring (bicyclic) bond motifs is 1. The normalized spacial score (nSPS) is 14.5. The second-order valence-corrected chi connectivity index (χ2v) is 7.19. The largest absolute Gasteiger partial charge is 0.351 e. The minimum Gasteiger partial charge on any atom is -0.351 e. The first-order valence-corrected chi connectivity index (χ1v) is 9.77. The molecule has 144 valence electrons. The molecule has 1 aliphatic heterocycles.